The summed E-state index contributed by atoms with van der Waals surface area (Å²) in [4.78, 5) is 80.0. The molecule has 16 nitrogen and oxygen atoms in total. The number of β-lactam (4-membered cyclic amide) rings is 2. The third kappa shape index (κ3) is 6.44. The van der Waals surface area contributed by atoms with Gasteiger partial charge in [0.1, 0.15) is 41.3 Å². The summed E-state index contributed by atoms with van der Waals surface area (Å²) in [5.74, 6) is -3.14. The number of anilines is 1. The van der Waals surface area contributed by atoms with Crippen molar-refractivity contribution in [2.24, 2.45) is 5.16 Å². The number of thioether (sulfide) groups is 2. The summed E-state index contributed by atoms with van der Waals surface area (Å²) in [5.41, 5.74) is 11.8. The van der Waals surface area contributed by atoms with E-state index in [-0.39, 0.29) is 27.9 Å². The number of oxime groups is 1. The molecule has 2 saturated heterocycles. The molecule has 3 aromatic rings. The third-order valence-electron chi connectivity index (χ3n) is 11.2. The summed E-state index contributed by atoms with van der Waals surface area (Å²) in [6, 6.07) is 6.08. The van der Waals surface area contributed by atoms with Crippen LogP contribution in [0.5, 0.6) is 0 Å². The molecular weight excluding hydrogens is 791 g/mol. The standard InChI is InChI=1S/C38H37N9O7S3/c1-54-43-26(23-18-57-38(39)40-23)31(48)41-27-33(50)46-29(21(16-55-35(27)46)14-44-12-4-8-19-6-2-10-24(19)44)32(49)42-28-34(51)47-30(37(52)53)22(17-56-36(28)47)15-45-13-5-9-20-7-3-11-25(20)45/h4-5,8-9,12-13,18,27-28,35-36H,2-3,6-7,10-11,14-17H2,1H3,(H3-2,39,40,41,42,48,49,52,53)/p+1/b43-26-/t27-,28-,35-,36-/m1/s1. The maximum Gasteiger partial charge on any atom is 0.276 e. The van der Waals surface area contributed by atoms with Crippen molar-refractivity contribution in [3.8, 4) is 0 Å². The van der Waals surface area contributed by atoms with Crippen LogP contribution >= 0.6 is 34.9 Å². The molecule has 0 bridgehead atoms. The number of aryl methyl sites for hydroxylation is 2. The van der Waals surface area contributed by atoms with Crippen LogP contribution in [-0.4, -0.2) is 91.5 Å². The number of fused-ring (bicyclic) bond motifs is 4. The quantitative estimate of drug-likeness (QED) is 0.0934. The molecule has 4 atom stereocenters. The lowest BCUT2D eigenvalue weighted by atomic mass is 9.99. The predicted molar refractivity (Wildman–Crippen MR) is 207 cm³/mol. The van der Waals surface area contributed by atoms with Gasteiger partial charge in [-0.2, -0.15) is 9.13 Å². The second-order valence-corrected chi connectivity index (χ2v) is 17.6. The van der Waals surface area contributed by atoms with Gasteiger partial charge in [-0.1, -0.05) is 5.16 Å². The van der Waals surface area contributed by atoms with Gasteiger partial charge in [-0.3, -0.25) is 29.0 Å². The second-order valence-electron chi connectivity index (χ2n) is 14.5. The molecule has 7 heterocycles. The average Bonchev–Trinajstić information content (AvgIpc) is 3.99. The number of carbonyl (C=O) groups excluding carboxylic acids is 5. The molecule has 4 aliphatic heterocycles. The lowest BCUT2D eigenvalue weighted by Gasteiger charge is -2.52. The van der Waals surface area contributed by atoms with Crippen LogP contribution in [0.15, 0.2) is 69.7 Å². The Bertz CT molecular complexity index is 2360. The van der Waals surface area contributed by atoms with E-state index in [0.29, 0.717) is 35.7 Å². The number of aliphatic carboxylic acids is 1. The van der Waals surface area contributed by atoms with Crippen molar-refractivity contribution in [1.29, 1.82) is 0 Å². The minimum absolute atomic E-state index is 0.119. The third-order valence-corrected chi connectivity index (χ3v) is 14.6. The fraction of sp³-hybridized carbons (Fsp3) is 0.395. The van der Waals surface area contributed by atoms with Crippen molar-refractivity contribution in [3.05, 3.63) is 92.8 Å². The highest BCUT2D eigenvalue weighted by Crippen LogP contribution is 2.43. The van der Waals surface area contributed by atoms with E-state index in [2.05, 4.69) is 42.0 Å². The zero-order valence-electron chi connectivity index (χ0n) is 30.8. The Morgan fingerprint density at radius 2 is 1.46 bits per heavy atom. The Balaban J connectivity index is 0.976. The predicted octanol–water partition coefficient (Wildman–Crippen LogP) is -0.913. The number of hydrogen-bond donors (Lipinski definition) is 3. The topological polar surface area (TPSA) is 207 Å². The van der Waals surface area contributed by atoms with Gasteiger partial charge in [-0.15, -0.1) is 34.9 Å². The Morgan fingerprint density at radius 1 is 0.895 bits per heavy atom. The lowest BCUT2D eigenvalue weighted by molar-refractivity contribution is -0.696. The number of nitrogen functional groups attached to an aromatic ring is 1. The molecule has 0 radical (unpaired) electrons. The van der Waals surface area contributed by atoms with Gasteiger partial charge >= 0.3 is 0 Å². The van der Waals surface area contributed by atoms with Crippen molar-refractivity contribution in [2.75, 3.05) is 24.3 Å². The first kappa shape index (κ1) is 37.3. The minimum Gasteiger partial charge on any atom is -0.543 e. The fourth-order valence-corrected chi connectivity index (χ4v) is 11.9. The fourth-order valence-electron chi connectivity index (χ4n) is 8.66. The van der Waals surface area contributed by atoms with Crippen molar-refractivity contribution < 1.29 is 43.1 Å². The van der Waals surface area contributed by atoms with Crippen LogP contribution < -0.4 is 30.6 Å². The van der Waals surface area contributed by atoms with E-state index in [1.165, 1.54) is 57.3 Å². The Labute approximate surface area is 339 Å². The van der Waals surface area contributed by atoms with Crippen LogP contribution in [0.4, 0.5) is 5.13 Å². The van der Waals surface area contributed by atoms with Gasteiger partial charge in [-0.05, 0) is 37.8 Å². The SMILES string of the molecule is CO/N=C(\C(=O)N[C@@H]1C(=O)N2C(C(=O)N[C@@H]3C(=O)N4C(C(=O)[O-])=C(C[n+]5cccc6c5CCC6)CS[C@H]34)=C(C[n+]3cccc4c3CCC4)CS[C@H]12)c1csc(N)n1. The second kappa shape index (κ2) is 14.9. The number of pyridine rings is 2. The summed E-state index contributed by atoms with van der Waals surface area (Å²) >= 11 is 3.92. The first-order valence-corrected chi connectivity index (χ1v) is 21.6. The van der Waals surface area contributed by atoms with E-state index in [9.17, 15) is 29.1 Å². The first-order chi connectivity index (χ1) is 27.6. The van der Waals surface area contributed by atoms with Gasteiger partial charge in [0.15, 0.2) is 47.7 Å². The Hall–Kier alpha value is -5.27. The number of carboxylic acid groups (broad SMARTS) is 1. The number of nitrogens with two attached hydrogens (primary N) is 1. The Kier molecular flexibility index (Phi) is 9.76. The Morgan fingerprint density at radius 3 is 2.00 bits per heavy atom. The summed E-state index contributed by atoms with van der Waals surface area (Å²) in [7, 11) is 1.29. The molecule has 9 rings (SSSR count). The molecular formula is C38H38N9O7S3+. The molecule has 2 aliphatic carbocycles. The smallest absolute Gasteiger partial charge is 0.276 e. The van der Waals surface area contributed by atoms with Gasteiger partial charge < -0.3 is 31.1 Å². The van der Waals surface area contributed by atoms with Crippen LogP contribution in [0.25, 0.3) is 0 Å². The van der Waals surface area contributed by atoms with Crippen LogP contribution in [0.2, 0.25) is 0 Å². The zero-order valence-corrected chi connectivity index (χ0v) is 33.2. The monoisotopic (exact) mass is 828 g/mol. The number of rotatable bonds is 11. The van der Waals surface area contributed by atoms with E-state index in [1.807, 2.05) is 24.5 Å². The highest BCUT2D eigenvalue weighted by molar-refractivity contribution is 8.00. The van der Waals surface area contributed by atoms with Crippen LogP contribution in [-0.2, 0) is 67.6 Å². The number of aromatic nitrogens is 3. The molecule has 19 heteroatoms. The van der Waals surface area contributed by atoms with E-state index in [1.54, 1.807) is 5.38 Å². The van der Waals surface area contributed by atoms with Crippen LogP contribution in [0.3, 0.4) is 0 Å². The van der Waals surface area contributed by atoms with Gasteiger partial charge in [0.25, 0.3) is 23.6 Å². The van der Waals surface area contributed by atoms with E-state index in [4.69, 9.17) is 10.6 Å². The molecule has 4 amide bonds. The highest BCUT2D eigenvalue weighted by atomic mass is 32.2. The van der Waals surface area contributed by atoms with Gasteiger partial charge in [-0.25, -0.2) is 4.98 Å². The number of thiazole rings is 1. The van der Waals surface area contributed by atoms with Crippen molar-refractivity contribution >= 4 is 75.3 Å². The maximum absolute atomic E-state index is 14.5. The van der Waals surface area contributed by atoms with Gasteiger partial charge in [0, 0.05) is 64.1 Å². The zero-order chi connectivity index (χ0) is 39.5. The van der Waals surface area contributed by atoms with Gasteiger partial charge in [0.05, 0.1) is 11.7 Å². The molecule has 294 valence electrons. The molecule has 3 aromatic heterocycles. The van der Waals surface area contributed by atoms with E-state index >= 15 is 0 Å². The maximum atomic E-state index is 14.5. The van der Waals surface area contributed by atoms with Crippen LogP contribution in [0.1, 0.15) is 41.1 Å². The summed E-state index contributed by atoms with van der Waals surface area (Å²) in [5, 5.41) is 22.5. The molecule has 0 aromatic carbocycles. The number of nitrogens with one attached hydrogen (secondary N) is 2. The van der Waals surface area contributed by atoms with Crippen molar-refractivity contribution in [2.45, 2.75) is 74.4 Å². The van der Waals surface area contributed by atoms with Crippen molar-refractivity contribution in [1.82, 2.24) is 25.4 Å². The van der Waals surface area contributed by atoms with E-state index in [0.717, 1.165) is 55.6 Å². The number of hydrogen-bond acceptors (Lipinski definition) is 13. The average molecular weight is 829 g/mol. The van der Waals surface area contributed by atoms with Crippen LogP contribution in [0, 0.1) is 0 Å². The number of carboxylic acids is 1. The molecule has 0 spiro atoms. The molecule has 0 unspecified atom stereocenters. The number of nitrogens with zero attached hydrogens (tertiary/aromatic N) is 6. The highest BCUT2D eigenvalue weighted by Gasteiger charge is 2.57. The summed E-state index contributed by atoms with van der Waals surface area (Å²) in [6.07, 6.45) is 9.67. The number of carbonyl (C=O) groups is 5. The molecule has 6 aliphatic rings. The molecule has 57 heavy (non-hydrogen) atoms. The lowest BCUT2D eigenvalue weighted by Crippen LogP contribution is -2.74. The van der Waals surface area contributed by atoms with Gasteiger partial charge in [0.2, 0.25) is 0 Å². The van der Waals surface area contributed by atoms with Crippen molar-refractivity contribution in [3.63, 3.8) is 0 Å². The van der Waals surface area contributed by atoms with E-state index < -0.39 is 52.4 Å². The molecule has 0 saturated carbocycles. The number of amides is 4. The molecule has 4 N–H and O–H groups in total. The first-order valence-electron chi connectivity index (χ1n) is 18.6. The molecule has 2 fully saturated rings. The normalized spacial score (nSPS) is 23.6. The largest absolute Gasteiger partial charge is 0.543 e. The summed E-state index contributed by atoms with van der Waals surface area (Å²) < 4.78 is 4.16. The minimum atomic E-state index is -1.44. The summed E-state index contributed by atoms with van der Waals surface area (Å²) in [6.45, 7) is 0.654.